The van der Waals surface area contributed by atoms with E-state index >= 15 is 0 Å². The molecule has 4 nitrogen and oxygen atoms in total. The molecule has 0 fully saturated rings. The van der Waals surface area contributed by atoms with Gasteiger partial charge in [0.25, 0.3) is 0 Å². The van der Waals surface area contributed by atoms with Gasteiger partial charge in [-0.3, -0.25) is 4.79 Å². The van der Waals surface area contributed by atoms with Crippen molar-refractivity contribution in [3.63, 3.8) is 0 Å². The van der Waals surface area contributed by atoms with Gasteiger partial charge in [0, 0.05) is 6.42 Å². The Balaban J connectivity index is 1.59. The zero-order chi connectivity index (χ0) is 18.9. The number of aliphatic carboxylic acids is 1. The monoisotopic (exact) mass is 362 g/mol. The zero-order valence-electron chi connectivity index (χ0n) is 15.0. The van der Waals surface area contributed by atoms with Crippen molar-refractivity contribution in [1.29, 1.82) is 0 Å². The molecule has 0 aliphatic rings. The Bertz CT molecular complexity index is 874. The van der Waals surface area contributed by atoms with E-state index in [2.05, 4.69) is 0 Å². The highest BCUT2D eigenvalue weighted by Gasteiger charge is 2.06. The Hall–Kier alpha value is -3.27. The molecule has 0 amide bonds. The molecule has 0 saturated heterocycles. The summed E-state index contributed by atoms with van der Waals surface area (Å²) in [6.45, 7) is 0.912. The second kappa shape index (κ2) is 9.43. The quantitative estimate of drug-likeness (QED) is 0.590. The van der Waals surface area contributed by atoms with Gasteiger partial charge in [0.2, 0.25) is 0 Å². The fraction of sp³-hybridized carbons (Fsp3) is 0.174. The van der Waals surface area contributed by atoms with Crippen LogP contribution < -0.4 is 9.47 Å². The Morgan fingerprint density at radius 1 is 0.778 bits per heavy atom. The minimum Gasteiger partial charge on any atom is -0.489 e. The minimum atomic E-state index is -0.812. The average Bonchev–Trinajstić information content (AvgIpc) is 2.71. The summed E-state index contributed by atoms with van der Waals surface area (Å²) in [5.41, 5.74) is 3.01. The van der Waals surface area contributed by atoms with Crippen molar-refractivity contribution < 1.29 is 19.4 Å². The Morgan fingerprint density at radius 2 is 1.48 bits per heavy atom. The Kier molecular flexibility index (Phi) is 6.47. The third-order valence-corrected chi connectivity index (χ3v) is 4.12. The number of carboxylic acid groups (broad SMARTS) is 1. The summed E-state index contributed by atoms with van der Waals surface area (Å²) in [5.74, 6) is 0.696. The number of carboxylic acids is 1. The van der Waals surface area contributed by atoms with Gasteiger partial charge in [0.1, 0.15) is 24.7 Å². The molecule has 3 aromatic rings. The van der Waals surface area contributed by atoms with Crippen LogP contribution in [0, 0.1) is 0 Å². The van der Waals surface area contributed by atoms with Crippen LogP contribution in [0.2, 0.25) is 0 Å². The van der Waals surface area contributed by atoms with Crippen molar-refractivity contribution in [2.24, 2.45) is 0 Å². The topological polar surface area (TPSA) is 55.8 Å². The first-order valence-corrected chi connectivity index (χ1v) is 8.89. The zero-order valence-corrected chi connectivity index (χ0v) is 15.0. The van der Waals surface area contributed by atoms with E-state index in [-0.39, 0.29) is 6.42 Å². The molecule has 1 N–H and O–H groups in total. The second-order valence-corrected chi connectivity index (χ2v) is 6.21. The standard InChI is InChI=1S/C23H22O4/c24-23(25)14-13-20-10-4-5-12-22(20)27-17-19-9-6-11-21(15-19)26-16-18-7-2-1-3-8-18/h1-12,15H,13-14,16-17H2,(H,24,25). The van der Waals surface area contributed by atoms with Crippen LogP contribution in [0.1, 0.15) is 23.1 Å². The van der Waals surface area contributed by atoms with Crippen molar-refractivity contribution in [2.45, 2.75) is 26.1 Å². The number of benzene rings is 3. The highest BCUT2D eigenvalue weighted by atomic mass is 16.5. The van der Waals surface area contributed by atoms with E-state index in [0.717, 1.165) is 22.4 Å². The predicted molar refractivity (Wildman–Crippen MR) is 104 cm³/mol. The molecule has 0 radical (unpaired) electrons. The maximum atomic E-state index is 10.8. The first-order valence-electron chi connectivity index (χ1n) is 8.89. The number of carbonyl (C=O) groups is 1. The number of hydrogen-bond acceptors (Lipinski definition) is 3. The SMILES string of the molecule is O=C(O)CCc1ccccc1OCc1cccc(OCc2ccccc2)c1. The molecule has 27 heavy (non-hydrogen) atoms. The lowest BCUT2D eigenvalue weighted by Gasteiger charge is -2.12. The fourth-order valence-electron chi connectivity index (χ4n) is 2.72. The van der Waals surface area contributed by atoms with E-state index in [9.17, 15) is 4.79 Å². The third kappa shape index (κ3) is 5.89. The number of ether oxygens (including phenoxy) is 2. The van der Waals surface area contributed by atoms with E-state index < -0.39 is 5.97 Å². The molecule has 0 unspecified atom stereocenters. The van der Waals surface area contributed by atoms with Crippen LogP contribution in [-0.4, -0.2) is 11.1 Å². The normalized spacial score (nSPS) is 10.4. The van der Waals surface area contributed by atoms with E-state index in [0.29, 0.717) is 25.4 Å². The lowest BCUT2D eigenvalue weighted by Crippen LogP contribution is -2.02. The van der Waals surface area contributed by atoms with Gasteiger partial charge < -0.3 is 14.6 Å². The van der Waals surface area contributed by atoms with Crippen molar-refractivity contribution >= 4 is 5.97 Å². The average molecular weight is 362 g/mol. The maximum absolute atomic E-state index is 10.8. The lowest BCUT2D eigenvalue weighted by molar-refractivity contribution is -0.136. The van der Waals surface area contributed by atoms with Crippen LogP contribution in [0.4, 0.5) is 0 Å². The molecular formula is C23H22O4. The molecule has 0 spiro atoms. The molecule has 0 aliphatic heterocycles. The number of aryl methyl sites for hydroxylation is 1. The van der Waals surface area contributed by atoms with Crippen LogP contribution in [0.5, 0.6) is 11.5 Å². The predicted octanol–water partition coefficient (Wildman–Crippen LogP) is 4.86. The smallest absolute Gasteiger partial charge is 0.303 e. The summed E-state index contributed by atoms with van der Waals surface area (Å²) >= 11 is 0. The maximum Gasteiger partial charge on any atom is 0.303 e. The molecule has 0 bridgehead atoms. The van der Waals surface area contributed by atoms with Gasteiger partial charge >= 0.3 is 5.97 Å². The highest BCUT2D eigenvalue weighted by molar-refractivity contribution is 5.67. The summed E-state index contributed by atoms with van der Waals surface area (Å²) in [5, 5.41) is 8.88. The van der Waals surface area contributed by atoms with Crippen LogP contribution in [-0.2, 0) is 24.4 Å². The van der Waals surface area contributed by atoms with Gasteiger partial charge in [-0.2, -0.15) is 0 Å². The third-order valence-electron chi connectivity index (χ3n) is 4.12. The number of para-hydroxylation sites is 1. The Morgan fingerprint density at radius 3 is 2.30 bits per heavy atom. The summed E-state index contributed by atoms with van der Waals surface area (Å²) in [6, 6.07) is 25.4. The molecule has 0 aliphatic carbocycles. The number of rotatable bonds is 9. The molecule has 4 heteroatoms. The summed E-state index contributed by atoms with van der Waals surface area (Å²) in [4.78, 5) is 10.8. The fourth-order valence-corrected chi connectivity index (χ4v) is 2.72. The molecule has 0 saturated carbocycles. The minimum absolute atomic E-state index is 0.0865. The van der Waals surface area contributed by atoms with Gasteiger partial charge in [-0.15, -0.1) is 0 Å². The first-order chi connectivity index (χ1) is 13.2. The van der Waals surface area contributed by atoms with Crippen molar-refractivity contribution in [3.8, 4) is 11.5 Å². The van der Waals surface area contributed by atoms with E-state index in [1.54, 1.807) is 0 Å². The summed E-state index contributed by atoms with van der Waals surface area (Å²) in [6.07, 6.45) is 0.537. The molecule has 0 heterocycles. The van der Waals surface area contributed by atoms with Crippen LogP contribution in [0.3, 0.4) is 0 Å². The molecule has 0 aromatic heterocycles. The molecule has 138 valence electrons. The lowest BCUT2D eigenvalue weighted by atomic mass is 10.1. The highest BCUT2D eigenvalue weighted by Crippen LogP contribution is 2.22. The van der Waals surface area contributed by atoms with Gasteiger partial charge in [-0.25, -0.2) is 0 Å². The molecule has 3 aromatic carbocycles. The van der Waals surface area contributed by atoms with Crippen molar-refractivity contribution in [2.75, 3.05) is 0 Å². The second-order valence-electron chi connectivity index (χ2n) is 6.21. The van der Waals surface area contributed by atoms with Gasteiger partial charge in [0.05, 0.1) is 0 Å². The molecular weight excluding hydrogens is 340 g/mol. The molecule has 3 rings (SSSR count). The van der Waals surface area contributed by atoms with Crippen molar-refractivity contribution in [3.05, 3.63) is 95.6 Å². The van der Waals surface area contributed by atoms with Crippen LogP contribution >= 0.6 is 0 Å². The van der Waals surface area contributed by atoms with Crippen LogP contribution in [0.15, 0.2) is 78.9 Å². The first kappa shape index (κ1) is 18.5. The van der Waals surface area contributed by atoms with E-state index in [1.165, 1.54) is 0 Å². The van der Waals surface area contributed by atoms with Gasteiger partial charge in [-0.1, -0.05) is 60.7 Å². The largest absolute Gasteiger partial charge is 0.489 e. The van der Waals surface area contributed by atoms with Gasteiger partial charge in [0.15, 0.2) is 0 Å². The van der Waals surface area contributed by atoms with Crippen molar-refractivity contribution in [1.82, 2.24) is 0 Å². The van der Waals surface area contributed by atoms with E-state index in [4.69, 9.17) is 14.6 Å². The molecule has 0 atom stereocenters. The van der Waals surface area contributed by atoms with Crippen LogP contribution in [0.25, 0.3) is 0 Å². The summed E-state index contributed by atoms with van der Waals surface area (Å²) in [7, 11) is 0. The van der Waals surface area contributed by atoms with Gasteiger partial charge in [-0.05, 0) is 41.3 Å². The number of hydrogen-bond donors (Lipinski definition) is 1. The summed E-state index contributed by atoms with van der Waals surface area (Å²) < 4.78 is 11.8. The Labute approximate surface area is 159 Å². The van der Waals surface area contributed by atoms with E-state index in [1.807, 2.05) is 78.9 Å².